The van der Waals surface area contributed by atoms with E-state index in [-0.39, 0.29) is 26.1 Å². The fourth-order valence-corrected chi connectivity index (χ4v) is 9.09. The lowest BCUT2D eigenvalue weighted by atomic mass is 10.0. The minimum Gasteiger partial charge on any atom is -0.756 e. The smallest absolute Gasteiger partial charge is 0.306 e. The molecule has 0 fully saturated rings. The number of carbonyl (C=O) groups is 2. The standard InChI is InChI=1S/C76H122NO8P/c1-6-8-10-12-14-16-18-20-22-24-26-28-30-32-34-36-37-38-39-41-43-45-47-49-51-53-55-57-59-61-63-65-67-69-76(79)85-74(73-84-86(80,81)83-71-70-77(3,4)5)72-82-75(78)68-66-64-62-60-58-56-54-52-50-48-46-44-42-40-35-33-31-29-27-25-23-21-19-17-15-13-11-9-7-2/h8-11,14-17,20-23,26-29,32-35,37-38,41,43,47,49,53,55,59,61,74H,6-7,12-13,18-19,24-25,30-31,36,39-40,42,44-46,48,50-52,54,56-58,60,62-73H2,1-5H3/b10-8-,11-9-,16-14-,17-15-,22-20-,23-21-,28-26-,29-27-,34-32-,35-33-,38-37-,43-41-,49-47-,55-53-,61-59-. The summed E-state index contributed by atoms with van der Waals surface area (Å²) in [6.07, 6.45) is 99.6. The number of hydrogen-bond acceptors (Lipinski definition) is 8. The Bertz CT molecular complexity index is 2100. The van der Waals surface area contributed by atoms with Crippen molar-refractivity contribution in [3.05, 3.63) is 182 Å². The predicted octanol–water partition coefficient (Wildman–Crippen LogP) is 21.3. The molecule has 0 aliphatic heterocycles. The van der Waals surface area contributed by atoms with Gasteiger partial charge in [-0.05, 0) is 135 Å². The zero-order chi connectivity index (χ0) is 62.6. The van der Waals surface area contributed by atoms with Gasteiger partial charge in [-0.15, -0.1) is 0 Å². The Hall–Kier alpha value is -4.89. The highest BCUT2D eigenvalue weighted by atomic mass is 31.2. The lowest BCUT2D eigenvalue weighted by Crippen LogP contribution is -2.37. The average Bonchev–Trinajstić information content (AvgIpc) is 3.70. The zero-order valence-electron chi connectivity index (χ0n) is 54.9. The summed E-state index contributed by atoms with van der Waals surface area (Å²) in [6, 6.07) is 0. The number of hydrogen-bond donors (Lipinski definition) is 0. The Balaban J connectivity index is 4.24. The van der Waals surface area contributed by atoms with Gasteiger partial charge in [0.15, 0.2) is 6.10 Å². The lowest BCUT2D eigenvalue weighted by Gasteiger charge is -2.28. The maximum Gasteiger partial charge on any atom is 0.306 e. The molecule has 10 heteroatoms. The van der Waals surface area contributed by atoms with Gasteiger partial charge >= 0.3 is 11.9 Å². The van der Waals surface area contributed by atoms with Crippen molar-refractivity contribution >= 4 is 19.8 Å². The maximum atomic E-state index is 12.8. The Morgan fingerprint density at radius 3 is 0.953 bits per heavy atom. The predicted molar refractivity (Wildman–Crippen MR) is 369 cm³/mol. The quantitative estimate of drug-likeness (QED) is 0.0195. The molecule has 0 radical (unpaired) electrons. The van der Waals surface area contributed by atoms with Crippen molar-refractivity contribution in [2.45, 2.75) is 238 Å². The molecule has 0 aromatic rings. The molecule has 0 aliphatic rings. The van der Waals surface area contributed by atoms with Gasteiger partial charge in [-0.3, -0.25) is 14.2 Å². The average molecular weight is 1210 g/mol. The van der Waals surface area contributed by atoms with Crippen LogP contribution in [0.3, 0.4) is 0 Å². The summed E-state index contributed by atoms with van der Waals surface area (Å²) < 4.78 is 34.2. The fourth-order valence-electron chi connectivity index (χ4n) is 8.36. The first-order chi connectivity index (χ1) is 42.0. The molecule has 0 heterocycles. The molecule has 9 nitrogen and oxygen atoms in total. The van der Waals surface area contributed by atoms with E-state index in [1.807, 2.05) is 21.1 Å². The van der Waals surface area contributed by atoms with Crippen LogP contribution in [0.5, 0.6) is 0 Å². The molecular formula is C76H122NO8P. The second-order valence-corrected chi connectivity index (χ2v) is 24.1. The normalized spacial score (nSPS) is 14.3. The van der Waals surface area contributed by atoms with E-state index < -0.39 is 32.5 Å². The molecule has 0 aromatic carbocycles. The van der Waals surface area contributed by atoms with Crippen LogP contribution >= 0.6 is 7.82 Å². The van der Waals surface area contributed by atoms with E-state index in [1.54, 1.807) is 0 Å². The molecule has 2 unspecified atom stereocenters. The number of phosphoric acid groups is 1. The number of allylic oxidation sites excluding steroid dienone is 30. The SMILES string of the molecule is CC/C=C\C/C=C\C/C=C\C/C=C\C/C=C\C/C=C\C/C=C\C/C=C\C/C=C\C/C=C\CCCCC(=O)OC(COC(=O)CCCCCCCCCCCCCCC/C=C\C/C=C\C/C=C\C/C=C\C/C=C\CC)COP(=O)([O-])OCC[N+](C)(C)C. The van der Waals surface area contributed by atoms with Crippen LogP contribution < -0.4 is 4.89 Å². The first-order valence-corrected chi connectivity index (χ1v) is 35.0. The highest BCUT2D eigenvalue weighted by Gasteiger charge is 2.22. The molecule has 2 atom stereocenters. The summed E-state index contributed by atoms with van der Waals surface area (Å²) in [5.74, 6) is -0.898. The number of unbranched alkanes of at least 4 members (excludes halogenated alkanes) is 15. The molecule has 0 saturated heterocycles. The van der Waals surface area contributed by atoms with Crippen molar-refractivity contribution in [3.8, 4) is 0 Å². The number of rotatable bonds is 59. The van der Waals surface area contributed by atoms with Crippen LogP contribution in [0.25, 0.3) is 0 Å². The van der Waals surface area contributed by atoms with Crippen LogP contribution in [0, 0.1) is 0 Å². The molecule has 0 N–H and O–H groups in total. The van der Waals surface area contributed by atoms with Gasteiger partial charge in [0, 0.05) is 12.8 Å². The number of quaternary nitrogens is 1. The van der Waals surface area contributed by atoms with E-state index >= 15 is 0 Å². The van der Waals surface area contributed by atoms with Gasteiger partial charge in [0.2, 0.25) is 0 Å². The maximum absolute atomic E-state index is 12.8. The molecule has 0 aliphatic carbocycles. The number of ether oxygens (including phenoxy) is 2. The van der Waals surface area contributed by atoms with Crippen LogP contribution in [0.2, 0.25) is 0 Å². The van der Waals surface area contributed by atoms with Crippen LogP contribution in [0.1, 0.15) is 232 Å². The fraction of sp³-hybridized carbons (Fsp3) is 0.579. The first kappa shape index (κ1) is 81.1. The van der Waals surface area contributed by atoms with E-state index in [0.717, 1.165) is 128 Å². The van der Waals surface area contributed by atoms with Gasteiger partial charge in [0.05, 0.1) is 27.7 Å². The minimum atomic E-state index is -4.67. The molecule has 0 spiro atoms. The van der Waals surface area contributed by atoms with Crippen LogP contribution in [-0.4, -0.2) is 70.0 Å². The van der Waals surface area contributed by atoms with Crippen molar-refractivity contribution in [3.63, 3.8) is 0 Å². The summed E-state index contributed by atoms with van der Waals surface area (Å²) in [5, 5.41) is 0. The van der Waals surface area contributed by atoms with Crippen LogP contribution in [-0.2, 0) is 32.7 Å². The molecule has 0 bridgehead atoms. The molecule has 86 heavy (non-hydrogen) atoms. The second kappa shape index (κ2) is 64.6. The molecular weight excluding hydrogens is 1090 g/mol. The number of likely N-dealkylation sites (N-methyl/N-ethyl adjacent to an activating group) is 1. The van der Waals surface area contributed by atoms with Crippen LogP contribution in [0.4, 0.5) is 0 Å². The van der Waals surface area contributed by atoms with Crippen molar-refractivity contribution in [1.29, 1.82) is 0 Å². The Morgan fingerprint density at radius 2 is 0.628 bits per heavy atom. The zero-order valence-corrected chi connectivity index (χ0v) is 55.8. The van der Waals surface area contributed by atoms with Gasteiger partial charge in [0.1, 0.15) is 19.8 Å². The Labute approximate surface area is 527 Å². The summed E-state index contributed by atoms with van der Waals surface area (Å²) >= 11 is 0. The highest BCUT2D eigenvalue weighted by Crippen LogP contribution is 2.38. The third-order valence-electron chi connectivity index (χ3n) is 13.4. The largest absolute Gasteiger partial charge is 0.756 e. The lowest BCUT2D eigenvalue weighted by molar-refractivity contribution is -0.870. The minimum absolute atomic E-state index is 0.0498. The van der Waals surface area contributed by atoms with E-state index in [1.165, 1.54) is 64.2 Å². The monoisotopic (exact) mass is 1210 g/mol. The molecule has 484 valence electrons. The number of esters is 2. The number of phosphoric ester groups is 1. The van der Waals surface area contributed by atoms with Crippen molar-refractivity contribution in [1.82, 2.24) is 0 Å². The topological polar surface area (TPSA) is 111 Å². The van der Waals surface area contributed by atoms with E-state index in [4.69, 9.17) is 18.5 Å². The number of nitrogens with zero attached hydrogens (tertiary/aromatic N) is 1. The van der Waals surface area contributed by atoms with Crippen molar-refractivity contribution in [2.24, 2.45) is 0 Å². The van der Waals surface area contributed by atoms with E-state index in [0.29, 0.717) is 23.9 Å². The summed E-state index contributed by atoms with van der Waals surface area (Å²) in [4.78, 5) is 38.0. The van der Waals surface area contributed by atoms with Gasteiger partial charge in [0.25, 0.3) is 7.82 Å². The van der Waals surface area contributed by atoms with Crippen molar-refractivity contribution < 1.29 is 42.1 Å². The van der Waals surface area contributed by atoms with E-state index in [2.05, 4.69) is 196 Å². The molecule has 0 rings (SSSR count). The summed E-state index contributed by atoms with van der Waals surface area (Å²) in [7, 11) is 1.11. The third-order valence-corrected chi connectivity index (χ3v) is 14.4. The molecule has 0 saturated carbocycles. The summed E-state index contributed by atoms with van der Waals surface area (Å²) in [6.45, 7) is 3.94. The Kier molecular flexibility index (Phi) is 60.9. The van der Waals surface area contributed by atoms with Gasteiger partial charge in [-0.1, -0.05) is 267 Å². The summed E-state index contributed by atoms with van der Waals surface area (Å²) in [5.41, 5.74) is 0. The molecule has 0 amide bonds. The van der Waals surface area contributed by atoms with Gasteiger partial charge in [-0.2, -0.15) is 0 Å². The van der Waals surface area contributed by atoms with Crippen molar-refractivity contribution in [2.75, 3.05) is 47.5 Å². The highest BCUT2D eigenvalue weighted by molar-refractivity contribution is 7.45. The van der Waals surface area contributed by atoms with Gasteiger partial charge in [-0.25, -0.2) is 0 Å². The van der Waals surface area contributed by atoms with E-state index in [9.17, 15) is 19.0 Å². The Morgan fingerprint density at radius 1 is 0.360 bits per heavy atom. The van der Waals surface area contributed by atoms with Crippen LogP contribution in [0.15, 0.2) is 182 Å². The first-order valence-electron chi connectivity index (χ1n) is 33.5. The van der Waals surface area contributed by atoms with Gasteiger partial charge < -0.3 is 27.9 Å². The second-order valence-electron chi connectivity index (χ2n) is 22.7. The number of carbonyl (C=O) groups excluding carboxylic acids is 2. The third kappa shape index (κ3) is 68.2. The molecule has 0 aromatic heterocycles.